The lowest BCUT2D eigenvalue weighted by Crippen LogP contribution is -2.21. The highest BCUT2D eigenvalue weighted by molar-refractivity contribution is 6.09. The highest BCUT2D eigenvalue weighted by Gasteiger charge is 2.44. The highest BCUT2D eigenvalue weighted by Crippen LogP contribution is 2.60. The van der Waals surface area contributed by atoms with Crippen LogP contribution in [0.25, 0.3) is 72.0 Å². The van der Waals surface area contributed by atoms with Gasteiger partial charge in [0.05, 0.1) is 16.7 Å². The van der Waals surface area contributed by atoms with Gasteiger partial charge in [-0.15, -0.1) is 0 Å². The molecule has 1 heterocycles. The molecule has 1 atom stereocenters. The fourth-order valence-electron chi connectivity index (χ4n) is 11.5. The molecule has 0 N–H and O–H groups in total. The third-order valence-electron chi connectivity index (χ3n) is 14.6. The van der Waals surface area contributed by atoms with Crippen molar-refractivity contribution < 1.29 is 0 Å². The van der Waals surface area contributed by atoms with E-state index < -0.39 is 0 Å². The summed E-state index contributed by atoms with van der Waals surface area (Å²) in [5.74, 6) is 0. The predicted octanol–water partition coefficient (Wildman–Crippen LogP) is 17.0. The Balaban J connectivity index is 1.03. The van der Waals surface area contributed by atoms with Gasteiger partial charge in [0.2, 0.25) is 0 Å². The minimum atomic E-state index is -0.215. The summed E-state index contributed by atoms with van der Waals surface area (Å²) < 4.78 is 2.46. The molecule has 2 aliphatic rings. The number of benzene rings is 9. The van der Waals surface area contributed by atoms with Crippen molar-refractivity contribution in [2.75, 3.05) is 4.90 Å². The van der Waals surface area contributed by atoms with Crippen molar-refractivity contribution in [3.05, 3.63) is 229 Å². The van der Waals surface area contributed by atoms with E-state index in [0.717, 1.165) is 24.2 Å². The molecule has 0 spiro atoms. The van der Waals surface area contributed by atoms with Gasteiger partial charge in [-0.3, -0.25) is 0 Å². The Morgan fingerprint density at radius 1 is 0.422 bits per heavy atom. The van der Waals surface area contributed by atoms with Gasteiger partial charge in [0.25, 0.3) is 0 Å². The number of rotatable bonds is 8. The van der Waals surface area contributed by atoms with E-state index in [1.165, 1.54) is 99.9 Å². The SMILES string of the molecule is CCCC1(C)c2cc3c(cc2-c2c(N(c4ccc(-c5ccccc5)cc4)c4ccc(-c5ccccc5)cc4)cccc21)C(C)(C)c1cc(-n2c4ccccc4c4ccccc42)ccc1-3. The average molecular weight is 823 g/mol. The molecule has 9 aromatic carbocycles. The van der Waals surface area contributed by atoms with E-state index in [1.54, 1.807) is 0 Å². The summed E-state index contributed by atoms with van der Waals surface area (Å²) in [6, 6.07) is 76.7. The number of anilines is 3. The van der Waals surface area contributed by atoms with E-state index >= 15 is 0 Å². The summed E-state index contributed by atoms with van der Waals surface area (Å²) >= 11 is 0. The van der Waals surface area contributed by atoms with Crippen LogP contribution in [-0.2, 0) is 10.8 Å². The monoisotopic (exact) mass is 822 g/mol. The molecule has 2 heteroatoms. The maximum atomic E-state index is 2.59. The summed E-state index contributed by atoms with van der Waals surface area (Å²) in [5.41, 5.74) is 22.7. The first-order chi connectivity index (χ1) is 31.3. The molecule has 1 aromatic heterocycles. The fraction of sp³-hybridized carbons (Fsp3) is 0.129. The smallest absolute Gasteiger partial charge is 0.0543 e. The van der Waals surface area contributed by atoms with Gasteiger partial charge in [-0.25, -0.2) is 0 Å². The summed E-state index contributed by atoms with van der Waals surface area (Å²) in [4.78, 5) is 2.50. The summed E-state index contributed by atoms with van der Waals surface area (Å²) in [6.45, 7) is 9.70. The van der Waals surface area contributed by atoms with Gasteiger partial charge in [-0.1, -0.05) is 174 Å². The van der Waals surface area contributed by atoms with Gasteiger partial charge in [-0.05, 0) is 134 Å². The Morgan fingerprint density at radius 2 is 0.938 bits per heavy atom. The number of hydrogen-bond acceptors (Lipinski definition) is 1. The largest absolute Gasteiger partial charge is 0.310 e. The topological polar surface area (TPSA) is 8.17 Å². The quantitative estimate of drug-likeness (QED) is 0.148. The molecular formula is C62H50N2. The van der Waals surface area contributed by atoms with E-state index in [9.17, 15) is 0 Å². The van der Waals surface area contributed by atoms with Crippen LogP contribution in [-0.4, -0.2) is 4.57 Å². The van der Waals surface area contributed by atoms with Crippen LogP contribution in [0.1, 0.15) is 62.8 Å². The Bertz CT molecular complexity index is 3270. The first kappa shape index (κ1) is 38.3. The van der Waals surface area contributed by atoms with Crippen molar-refractivity contribution in [3.8, 4) is 50.2 Å². The van der Waals surface area contributed by atoms with Crippen LogP contribution in [0.3, 0.4) is 0 Å². The second-order valence-electron chi connectivity index (χ2n) is 18.6. The standard InChI is InChI=1S/C62H50N2/c1-5-37-62(4)53-23-16-26-59(63(45-31-27-43(28-32-45)41-17-8-6-9-18-41)46-33-29-44(30-34-46)42-19-10-7-11-20-42)60(53)52-40-55-51(39-56(52)62)48-36-35-47(38-54(48)61(55,2)3)64-57-24-14-12-21-49(57)50-22-13-15-25-58(50)64/h6-36,38-40H,5,37H2,1-4H3. The first-order valence-corrected chi connectivity index (χ1v) is 22.9. The average Bonchev–Trinajstić information content (AvgIpc) is 3.89. The van der Waals surface area contributed by atoms with Gasteiger partial charge < -0.3 is 9.47 Å². The number of nitrogens with zero attached hydrogens (tertiary/aromatic N) is 2. The molecular weight excluding hydrogens is 773 g/mol. The Hall–Kier alpha value is -7.42. The molecule has 0 saturated heterocycles. The molecule has 12 rings (SSSR count). The zero-order chi connectivity index (χ0) is 43.2. The van der Waals surface area contributed by atoms with Crippen molar-refractivity contribution in [2.45, 2.75) is 51.4 Å². The van der Waals surface area contributed by atoms with Gasteiger partial charge in [0.1, 0.15) is 0 Å². The molecule has 2 aliphatic carbocycles. The van der Waals surface area contributed by atoms with E-state index in [4.69, 9.17) is 0 Å². The number of para-hydroxylation sites is 2. The minimum absolute atomic E-state index is 0.153. The Labute approximate surface area is 376 Å². The van der Waals surface area contributed by atoms with Crippen LogP contribution in [0.5, 0.6) is 0 Å². The van der Waals surface area contributed by atoms with Crippen LogP contribution in [0.4, 0.5) is 17.1 Å². The zero-order valence-electron chi connectivity index (χ0n) is 36.9. The van der Waals surface area contributed by atoms with Gasteiger partial charge in [0, 0.05) is 44.2 Å². The van der Waals surface area contributed by atoms with Gasteiger partial charge >= 0.3 is 0 Å². The normalized spacial score (nSPS) is 15.5. The zero-order valence-corrected chi connectivity index (χ0v) is 36.9. The maximum Gasteiger partial charge on any atom is 0.0543 e. The summed E-state index contributed by atoms with van der Waals surface area (Å²) in [7, 11) is 0. The highest BCUT2D eigenvalue weighted by atomic mass is 15.1. The lowest BCUT2D eigenvalue weighted by molar-refractivity contribution is 0.524. The summed E-state index contributed by atoms with van der Waals surface area (Å²) in [6.07, 6.45) is 2.16. The predicted molar refractivity (Wildman–Crippen MR) is 271 cm³/mol. The van der Waals surface area contributed by atoms with Crippen molar-refractivity contribution >= 4 is 38.9 Å². The number of aromatic nitrogens is 1. The third kappa shape index (κ3) is 5.72. The van der Waals surface area contributed by atoms with E-state index in [1.807, 2.05) is 0 Å². The van der Waals surface area contributed by atoms with Crippen LogP contribution >= 0.6 is 0 Å². The molecule has 0 radical (unpaired) electrons. The van der Waals surface area contributed by atoms with E-state index in [0.29, 0.717) is 0 Å². The van der Waals surface area contributed by atoms with Crippen molar-refractivity contribution in [1.82, 2.24) is 4.57 Å². The van der Waals surface area contributed by atoms with Crippen LogP contribution in [0.15, 0.2) is 206 Å². The van der Waals surface area contributed by atoms with E-state index in [2.05, 4.69) is 243 Å². The molecule has 0 bridgehead atoms. The second-order valence-corrected chi connectivity index (χ2v) is 18.6. The van der Waals surface area contributed by atoms with Crippen LogP contribution < -0.4 is 4.90 Å². The molecule has 0 amide bonds. The molecule has 1 unspecified atom stereocenters. The fourth-order valence-corrected chi connectivity index (χ4v) is 11.5. The molecule has 64 heavy (non-hydrogen) atoms. The lowest BCUT2D eigenvalue weighted by Gasteiger charge is -2.30. The molecule has 0 fully saturated rings. The molecule has 10 aromatic rings. The molecule has 308 valence electrons. The molecule has 2 nitrogen and oxygen atoms in total. The van der Waals surface area contributed by atoms with Crippen molar-refractivity contribution in [3.63, 3.8) is 0 Å². The number of hydrogen-bond donors (Lipinski definition) is 0. The van der Waals surface area contributed by atoms with Crippen LogP contribution in [0, 0.1) is 0 Å². The third-order valence-corrected chi connectivity index (χ3v) is 14.6. The molecule has 0 aliphatic heterocycles. The molecule has 0 saturated carbocycles. The van der Waals surface area contributed by atoms with Crippen molar-refractivity contribution in [2.24, 2.45) is 0 Å². The minimum Gasteiger partial charge on any atom is -0.310 e. The number of fused-ring (bicyclic) bond motifs is 9. The van der Waals surface area contributed by atoms with Crippen LogP contribution in [0.2, 0.25) is 0 Å². The van der Waals surface area contributed by atoms with Gasteiger partial charge in [-0.2, -0.15) is 0 Å². The summed E-state index contributed by atoms with van der Waals surface area (Å²) in [5, 5.41) is 2.58. The van der Waals surface area contributed by atoms with Gasteiger partial charge in [0.15, 0.2) is 0 Å². The van der Waals surface area contributed by atoms with Crippen molar-refractivity contribution in [1.29, 1.82) is 0 Å². The lowest BCUT2D eigenvalue weighted by atomic mass is 9.75. The van der Waals surface area contributed by atoms with E-state index in [-0.39, 0.29) is 10.8 Å². The maximum absolute atomic E-state index is 2.59. The second kappa shape index (κ2) is 14.6. The Kier molecular flexibility index (Phi) is 8.72. The first-order valence-electron chi connectivity index (χ1n) is 22.9. The Morgan fingerprint density at radius 3 is 1.52 bits per heavy atom.